The third-order valence-corrected chi connectivity index (χ3v) is 5.53. The molecule has 0 amide bonds. The van der Waals surface area contributed by atoms with Crippen LogP contribution in [0.4, 0.5) is 0 Å². The summed E-state index contributed by atoms with van der Waals surface area (Å²) in [7, 11) is -1.48. The third kappa shape index (κ3) is 7.31. The van der Waals surface area contributed by atoms with Gasteiger partial charge in [-0.1, -0.05) is 29.8 Å². The molecule has 0 heterocycles. The number of nitrogens with zero attached hydrogens (tertiary/aromatic N) is 2. The van der Waals surface area contributed by atoms with E-state index in [1.807, 2.05) is 6.92 Å². The maximum Gasteiger partial charge on any atom is 0.213 e. The summed E-state index contributed by atoms with van der Waals surface area (Å²) < 4.78 is 24.8. The number of rotatable bonds is 9. The van der Waals surface area contributed by atoms with Crippen LogP contribution in [0.15, 0.2) is 29.3 Å². The standard InChI is InChI=1S/C17H30N4O2S/c1-5-18-17(20-14-16-10-8-15(3)9-11-16)19-12-7-13-21(4)24(22,23)6-2/h8-11H,5-7,12-14H2,1-4H3,(H2,18,19,20). The van der Waals surface area contributed by atoms with Gasteiger partial charge in [-0.3, -0.25) is 0 Å². The highest BCUT2D eigenvalue weighted by Crippen LogP contribution is 2.04. The maximum absolute atomic E-state index is 11.7. The smallest absolute Gasteiger partial charge is 0.213 e. The molecule has 136 valence electrons. The molecule has 0 saturated carbocycles. The van der Waals surface area contributed by atoms with E-state index in [-0.39, 0.29) is 5.75 Å². The molecule has 7 heteroatoms. The summed E-state index contributed by atoms with van der Waals surface area (Å²) in [6.45, 7) is 8.30. The lowest BCUT2D eigenvalue weighted by atomic mass is 10.1. The largest absolute Gasteiger partial charge is 0.357 e. The fraction of sp³-hybridized carbons (Fsp3) is 0.588. The molecule has 0 radical (unpaired) electrons. The number of guanidine groups is 1. The first-order valence-corrected chi connectivity index (χ1v) is 10.0. The van der Waals surface area contributed by atoms with Gasteiger partial charge in [-0.2, -0.15) is 0 Å². The highest BCUT2D eigenvalue weighted by Gasteiger charge is 2.13. The molecule has 0 unspecified atom stereocenters. The van der Waals surface area contributed by atoms with Gasteiger partial charge in [0.15, 0.2) is 5.96 Å². The average Bonchev–Trinajstić information content (AvgIpc) is 2.57. The van der Waals surface area contributed by atoms with Crippen LogP contribution in [0.5, 0.6) is 0 Å². The first-order valence-electron chi connectivity index (χ1n) is 8.40. The number of hydrogen-bond donors (Lipinski definition) is 2. The molecule has 1 aromatic rings. The molecule has 1 rings (SSSR count). The lowest BCUT2D eigenvalue weighted by molar-refractivity contribution is 0.461. The van der Waals surface area contributed by atoms with E-state index in [0.717, 1.165) is 24.5 Å². The van der Waals surface area contributed by atoms with Gasteiger partial charge >= 0.3 is 0 Å². The summed E-state index contributed by atoms with van der Waals surface area (Å²) in [4.78, 5) is 4.56. The fourth-order valence-electron chi connectivity index (χ4n) is 2.07. The first kappa shape index (κ1) is 20.4. The van der Waals surface area contributed by atoms with Crippen molar-refractivity contribution in [1.82, 2.24) is 14.9 Å². The Morgan fingerprint density at radius 2 is 1.83 bits per heavy atom. The van der Waals surface area contributed by atoms with Gasteiger partial charge in [0.2, 0.25) is 10.0 Å². The van der Waals surface area contributed by atoms with Crippen LogP contribution in [0.3, 0.4) is 0 Å². The SMILES string of the molecule is CCNC(=NCc1ccc(C)cc1)NCCCN(C)S(=O)(=O)CC. The maximum atomic E-state index is 11.7. The van der Waals surface area contributed by atoms with E-state index in [1.54, 1.807) is 14.0 Å². The summed E-state index contributed by atoms with van der Waals surface area (Å²) in [6.07, 6.45) is 0.727. The van der Waals surface area contributed by atoms with Crippen molar-refractivity contribution in [3.63, 3.8) is 0 Å². The van der Waals surface area contributed by atoms with E-state index in [1.165, 1.54) is 9.87 Å². The van der Waals surface area contributed by atoms with Gasteiger partial charge in [-0.05, 0) is 32.8 Å². The Morgan fingerprint density at radius 3 is 2.42 bits per heavy atom. The van der Waals surface area contributed by atoms with Crippen molar-refractivity contribution in [3.8, 4) is 0 Å². The fourth-order valence-corrected chi connectivity index (χ4v) is 2.92. The zero-order chi connectivity index (χ0) is 18.0. The Kier molecular flexibility index (Phi) is 8.78. The van der Waals surface area contributed by atoms with E-state index < -0.39 is 10.0 Å². The molecular formula is C17H30N4O2S. The Balaban J connectivity index is 2.45. The summed E-state index contributed by atoms with van der Waals surface area (Å²) in [5, 5.41) is 6.45. The number of nitrogens with one attached hydrogen (secondary N) is 2. The van der Waals surface area contributed by atoms with Crippen molar-refractivity contribution in [3.05, 3.63) is 35.4 Å². The minimum atomic E-state index is -3.10. The lowest BCUT2D eigenvalue weighted by Gasteiger charge is -2.16. The van der Waals surface area contributed by atoms with Gasteiger partial charge in [0.25, 0.3) is 0 Å². The van der Waals surface area contributed by atoms with Gasteiger partial charge in [0.1, 0.15) is 0 Å². The molecule has 0 aliphatic heterocycles. The van der Waals surface area contributed by atoms with Gasteiger partial charge in [0.05, 0.1) is 12.3 Å². The van der Waals surface area contributed by atoms with Crippen LogP contribution >= 0.6 is 0 Å². The number of hydrogen-bond acceptors (Lipinski definition) is 3. The quantitative estimate of drug-likeness (QED) is 0.402. The second kappa shape index (κ2) is 10.3. The van der Waals surface area contributed by atoms with Gasteiger partial charge in [-0.25, -0.2) is 17.7 Å². The van der Waals surface area contributed by atoms with Crippen molar-refractivity contribution < 1.29 is 8.42 Å². The molecule has 6 nitrogen and oxygen atoms in total. The lowest BCUT2D eigenvalue weighted by Crippen LogP contribution is -2.39. The van der Waals surface area contributed by atoms with E-state index >= 15 is 0 Å². The van der Waals surface area contributed by atoms with Gasteiger partial charge in [0, 0.05) is 26.7 Å². The van der Waals surface area contributed by atoms with Gasteiger partial charge in [-0.15, -0.1) is 0 Å². The van der Waals surface area contributed by atoms with E-state index in [4.69, 9.17) is 0 Å². The summed E-state index contributed by atoms with van der Waals surface area (Å²) in [6, 6.07) is 8.31. The third-order valence-electron chi connectivity index (χ3n) is 3.67. The first-order chi connectivity index (χ1) is 11.4. The molecule has 0 atom stereocenters. The molecule has 1 aromatic carbocycles. The molecule has 0 aliphatic rings. The van der Waals surface area contributed by atoms with Crippen LogP contribution < -0.4 is 10.6 Å². The normalized spacial score (nSPS) is 12.5. The highest BCUT2D eigenvalue weighted by atomic mass is 32.2. The van der Waals surface area contributed by atoms with Crippen LogP contribution in [-0.2, 0) is 16.6 Å². The number of benzene rings is 1. The Bertz CT molecular complexity index is 612. The zero-order valence-electron chi connectivity index (χ0n) is 15.2. The molecule has 0 spiro atoms. The molecule has 0 fully saturated rings. The minimum absolute atomic E-state index is 0.136. The van der Waals surface area contributed by atoms with Crippen LogP contribution in [-0.4, -0.2) is 51.1 Å². The van der Waals surface area contributed by atoms with Gasteiger partial charge < -0.3 is 10.6 Å². The van der Waals surface area contributed by atoms with E-state index in [9.17, 15) is 8.42 Å². The predicted octanol–water partition coefficient (Wildman–Crippen LogP) is 1.72. The van der Waals surface area contributed by atoms with Crippen LogP contribution in [0.2, 0.25) is 0 Å². The van der Waals surface area contributed by atoms with Crippen LogP contribution in [0, 0.1) is 6.92 Å². The molecule has 24 heavy (non-hydrogen) atoms. The second-order valence-corrected chi connectivity index (χ2v) is 8.05. The highest BCUT2D eigenvalue weighted by molar-refractivity contribution is 7.89. The van der Waals surface area contributed by atoms with Crippen molar-refractivity contribution in [2.75, 3.05) is 32.4 Å². The van der Waals surface area contributed by atoms with E-state index in [2.05, 4.69) is 46.8 Å². The molecule has 0 aromatic heterocycles. The molecular weight excluding hydrogens is 324 g/mol. The number of aliphatic imine (C=N–C) groups is 1. The average molecular weight is 355 g/mol. The molecule has 2 N–H and O–H groups in total. The second-order valence-electron chi connectivity index (χ2n) is 5.68. The summed E-state index contributed by atoms with van der Waals surface area (Å²) in [5.74, 6) is 0.886. The molecule has 0 saturated heterocycles. The summed E-state index contributed by atoms with van der Waals surface area (Å²) >= 11 is 0. The minimum Gasteiger partial charge on any atom is -0.357 e. The predicted molar refractivity (Wildman–Crippen MR) is 101 cm³/mol. The van der Waals surface area contributed by atoms with Crippen molar-refractivity contribution in [2.45, 2.75) is 33.7 Å². The van der Waals surface area contributed by atoms with E-state index in [0.29, 0.717) is 19.6 Å². The van der Waals surface area contributed by atoms with Crippen molar-refractivity contribution >= 4 is 16.0 Å². The van der Waals surface area contributed by atoms with Crippen molar-refractivity contribution in [2.24, 2.45) is 4.99 Å². The molecule has 0 bridgehead atoms. The number of sulfonamides is 1. The Labute approximate surface area is 146 Å². The monoisotopic (exact) mass is 354 g/mol. The summed E-state index contributed by atoms with van der Waals surface area (Å²) in [5.41, 5.74) is 2.39. The number of aryl methyl sites for hydroxylation is 1. The topological polar surface area (TPSA) is 73.8 Å². The molecule has 0 aliphatic carbocycles. The van der Waals surface area contributed by atoms with Crippen LogP contribution in [0.25, 0.3) is 0 Å². The van der Waals surface area contributed by atoms with Crippen LogP contribution in [0.1, 0.15) is 31.4 Å². The Hall–Kier alpha value is -1.60. The Morgan fingerprint density at radius 1 is 1.17 bits per heavy atom. The van der Waals surface area contributed by atoms with Crippen molar-refractivity contribution in [1.29, 1.82) is 0 Å². The zero-order valence-corrected chi connectivity index (χ0v) is 16.0.